The highest BCUT2D eigenvalue weighted by molar-refractivity contribution is 5.78. The molecule has 41 valence electrons. The Hall–Kier alpha value is -1.05. The second-order valence-corrected chi connectivity index (χ2v) is 1.61. The lowest BCUT2D eigenvalue weighted by atomic mass is 10.3. The third-order valence-electron chi connectivity index (χ3n) is 0.840. The van der Waals surface area contributed by atoms with Crippen molar-refractivity contribution in [3.05, 3.63) is 23.9 Å². The second-order valence-electron chi connectivity index (χ2n) is 1.61. The molecule has 0 bridgehead atoms. The predicted molar refractivity (Wildman–Crippen MR) is 33.5 cm³/mol. The molecule has 0 N–H and O–H groups in total. The molecule has 0 aromatic heterocycles. The highest BCUT2D eigenvalue weighted by Crippen LogP contribution is 1.90. The quantitative estimate of drug-likeness (QED) is 0.442. The van der Waals surface area contributed by atoms with Crippen LogP contribution in [0.2, 0.25) is 0 Å². The SMILES string of the molecule is CC1=CC=C[N]N=C1. The second kappa shape index (κ2) is 2.31. The van der Waals surface area contributed by atoms with Crippen LogP contribution in [0, 0.1) is 0 Å². The van der Waals surface area contributed by atoms with Crippen LogP contribution in [0.4, 0.5) is 0 Å². The zero-order valence-electron chi connectivity index (χ0n) is 4.70. The van der Waals surface area contributed by atoms with Crippen LogP contribution in [0.5, 0.6) is 0 Å². The van der Waals surface area contributed by atoms with Crippen molar-refractivity contribution in [3.63, 3.8) is 0 Å². The molecule has 0 atom stereocenters. The molecule has 2 heteroatoms. The third kappa shape index (κ3) is 1.22. The van der Waals surface area contributed by atoms with Crippen LogP contribution >= 0.6 is 0 Å². The fraction of sp³-hybridized carbons (Fsp3) is 0.167. The van der Waals surface area contributed by atoms with E-state index in [1.807, 2.05) is 19.1 Å². The van der Waals surface area contributed by atoms with Crippen LogP contribution in [-0.2, 0) is 0 Å². The Labute approximate surface area is 48.6 Å². The zero-order chi connectivity index (χ0) is 5.82. The highest BCUT2D eigenvalue weighted by Gasteiger charge is 1.81. The minimum Gasteiger partial charge on any atom is -0.159 e. The van der Waals surface area contributed by atoms with E-state index in [4.69, 9.17) is 0 Å². The molecule has 1 rings (SSSR count). The summed E-state index contributed by atoms with van der Waals surface area (Å²) in [5.74, 6) is 0. The number of allylic oxidation sites excluding steroid dienone is 3. The molecule has 0 aromatic carbocycles. The molecule has 1 aliphatic heterocycles. The first-order chi connectivity index (χ1) is 3.89. The van der Waals surface area contributed by atoms with E-state index in [1.165, 1.54) is 0 Å². The van der Waals surface area contributed by atoms with Gasteiger partial charge in [-0.15, -0.1) is 0 Å². The molecule has 8 heavy (non-hydrogen) atoms. The van der Waals surface area contributed by atoms with E-state index in [0.717, 1.165) is 5.57 Å². The Morgan fingerprint density at radius 2 is 2.38 bits per heavy atom. The Kier molecular flexibility index (Phi) is 1.47. The number of nitrogens with zero attached hydrogens (tertiary/aromatic N) is 2. The Balaban J connectivity index is 2.73. The fourth-order valence-corrected chi connectivity index (χ4v) is 0.439. The van der Waals surface area contributed by atoms with Gasteiger partial charge >= 0.3 is 0 Å². The van der Waals surface area contributed by atoms with Crippen LogP contribution in [0.1, 0.15) is 6.92 Å². The Bertz CT molecular complexity index is 154. The molecule has 1 aliphatic rings. The summed E-state index contributed by atoms with van der Waals surface area (Å²) in [6.45, 7) is 1.98. The summed E-state index contributed by atoms with van der Waals surface area (Å²) in [6, 6.07) is 0. The van der Waals surface area contributed by atoms with Gasteiger partial charge in [0.05, 0.1) is 6.21 Å². The van der Waals surface area contributed by atoms with Gasteiger partial charge in [-0.1, -0.05) is 6.08 Å². The third-order valence-corrected chi connectivity index (χ3v) is 0.840. The van der Waals surface area contributed by atoms with Gasteiger partial charge < -0.3 is 0 Å². The first kappa shape index (κ1) is 5.09. The van der Waals surface area contributed by atoms with Crippen LogP contribution in [-0.4, -0.2) is 6.21 Å². The number of hydrogen-bond donors (Lipinski definition) is 0. The van der Waals surface area contributed by atoms with Crippen molar-refractivity contribution in [1.82, 2.24) is 5.43 Å². The lowest BCUT2D eigenvalue weighted by molar-refractivity contribution is 0.957. The van der Waals surface area contributed by atoms with E-state index >= 15 is 0 Å². The van der Waals surface area contributed by atoms with E-state index in [1.54, 1.807) is 12.4 Å². The lowest BCUT2D eigenvalue weighted by Gasteiger charge is -1.79. The van der Waals surface area contributed by atoms with E-state index in [9.17, 15) is 0 Å². The molecular weight excluding hydrogens is 100 g/mol. The molecule has 0 aliphatic carbocycles. The van der Waals surface area contributed by atoms with Crippen molar-refractivity contribution in [2.24, 2.45) is 5.10 Å². The molecule has 0 saturated carbocycles. The van der Waals surface area contributed by atoms with E-state index in [2.05, 4.69) is 10.5 Å². The van der Waals surface area contributed by atoms with Gasteiger partial charge in [-0.05, 0) is 18.6 Å². The minimum absolute atomic E-state index is 1.13. The van der Waals surface area contributed by atoms with Gasteiger partial charge in [-0.2, -0.15) is 10.5 Å². The number of rotatable bonds is 0. The molecule has 0 amide bonds. The molecule has 1 radical (unpaired) electrons. The molecule has 2 nitrogen and oxygen atoms in total. The molecule has 0 spiro atoms. The van der Waals surface area contributed by atoms with E-state index in [-0.39, 0.29) is 0 Å². The molecular formula is C6H7N2. The monoisotopic (exact) mass is 107 g/mol. The minimum atomic E-state index is 1.13. The van der Waals surface area contributed by atoms with Crippen molar-refractivity contribution in [2.45, 2.75) is 6.92 Å². The van der Waals surface area contributed by atoms with Gasteiger partial charge in [0.1, 0.15) is 0 Å². The van der Waals surface area contributed by atoms with Gasteiger partial charge in [0.2, 0.25) is 0 Å². The molecule has 0 saturated heterocycles. The van der Waals surface area contributed by atoms with Crippen molar-refractivity contribution in [1.29, 1.82) is 0 Å². The fourth-order valence-electron chi connectivity index (χ4n) is 0.439. The van der Waals surface area contributed by atoms with E-state index in [0.29, 0.717) is 0 Å². The summed E-state index contributed by atoms with van der Waals surface area (Å²) in [5, 5.41) is 3.70. The van der Waals surface area contributed by atoms with Crippen LogP contribution in [0.3, 0.4) is 0 Å². The summed E-state index contributed by atoms with van der Waals surface area (Å²) in [4.78, 5) is 0. The van der Waals surface area contributed by atoms with Crippen LogP contribution in [0.25, 0.3) is 0 Å². The van der Waals surface area contributed by atoms with Gasteiger partial charge in [0.25, 0.3) is 0 Å². The van der Waals surface area contributed by atoms with Crippen molar-refractivity contribution in [3.8, 4) is 0 Å². The summed E-state index contributed by atoms with van der Waals surface area (Å²) in [6.07, 6.45) is 7.20. The van der Waals surface area contributed by atoms with Crippen molar-refractivity contribution in [2.75, 3.05) is 0 Å². The maximum Gasteiger partial charge on any atom is 0.0524 e. The highest BCUT2D eigenvalue weighted by atomic mass is 15.3. The standard InChI is InChI=1S/C6H7N2/c1-6-3-2-4-7-8-5-6/h2-5H,1H3. The number of hydrogen-bond acceptors (Lipinski definition) is 1. The predicted octanol–water partition coefficient (Wildman–Crippen LogP) is 1.05. The Morgan fingerprint density at radius 1 is 1.50 bits per heavy atom. The Morgan fingerprint density at radius 3 is 3.25 bits per heavy atom. The zero-order valence-corrected chi connectivity index (χ0v) is 4.70. The maximum absolute atomic E-state index is 3.70. The van der Waals surface area contributed by atoms with Crippen molar-refractivity contribution < 1.29 is 0 Å². The van der Waals surface area contributed by atoms with Gasteiger partial charge in [-0.3, -0.25) is 0 Å². The van der Waals surface area contributed by atoms with Gasteiger partial charge in [-0.25, -0.2) is 0 Å². The molecule has 0 unspecified atom stereocenters. The molecule has 0 aromatic rings. The molecule has 0 fully saturated rings. The van der Waals surface area contributed by atoms with Crippen LogP contribution in [0.15, 0.2) is 29.0 Å². The van der Waals surface area contributed by atoms with Crippen molar-refractivity contribution >= 4 is 6.21 Å². The first-order valence-corrected chi connectivity index (χ1v) is 2.46. The average Bonchev–Trinajstić information content (AvgIpc) is 1.94. The summed E-state index contributed by atoms with van der Waals surface area (Å²) in [7, 11) is 0. The van der Waals surface area contributed by atoms with Gasteiger partial charge in [0, 0.05) is 6.20 Å². The normalized spacial score (nSPS) is 16.9. The largest absolute Gasteiger partial charge is 0.159 e. The lowest BCUT2D eigenvalue weighted by Crippen LogP contribution is -1.80. The summed E-state index contributed by atoms with van der Waals surface area (Å²) >= 11 is 0. The maximum atomic E-state index is 3.70. The summed E-state index contributed by atoms with van der Waals surface area (Å²) < 4.78 is 0. The van der Waals surface area contributed by atoms with Crippen LogP contribution < -0.4 is 5.43 Å². The smallest absolute Gasteiger partial charge is 0.0524 e. The van der Waals surface area contributed by atoms with Gasteiger partial charge in [0.15, 0.2) is 0 Å². The topological polar surface area (TPSA) is 26.5 Å². The molecule has 1 heterocycles. The average molecular weight is 107 g/mol. The van der Waals surface area contributed by atoms with E-state index < -0.39 is 0 Å². The first-order valence-electron chi connectivity index (χ1n) is 2.46. The summed E-state index contributed by atoms with van der Waals surface area (Å²) in [5.41, 5.74) is 4.79.